The topological polar surface area (TPSA) is 63.1 Å². The first-order chi connectivity index (χ1) is 5.58. The monoisotopic (exact) mass is 206 g/mol. The molecule has 0 atom stereocenters. The van der Waals surface area contributed by atoms with Crippen LogP contribution in [0.15, 0.2) is 6.07 Å². The summed E-state index contributed by atoms with van der Waals surface area (Å²) in [7, 11) is 0. The molecular formula is C6H4Cl2N2O2. The normalized spacial score (nSPS) is 9.83. The highest BCUT2D eigenvalue weighted by molar-refractivity contribution is 6.33. The molecule has 0 amide bonds. The Bertz CT molecular complexity index is 296. The van der Waals surface area contributed by atoms with Gasteiger partial charge in [0.1, 0.15) is 22.6 Å². The molecule has 0 aromatic carbocycles. The van der Waals surface area contributed by atoms with Crippen LogP contribution in [0.4, 0.5) is 0 Å². The second-order valence-corrected chi connectivity index (χ2v) is 2.77. The maximum absolute atomic E-state index is 10.2. The van der Waals surface area contributed by atoms with Crippen LogP contribution in [-0.4, -0.2) is 21.0 Å². The second kappa shape index (κ2) is 3.69. The van der Waals surface area contributed by atoms with E-state index in [2.05, 4.69) is 9.97 Å². The first-order valence-corrected chi connectivity index (χ1v) is 3.74. The van der Waals surface area contributed by atoms with Crippen molar-refractivity contribution >= 4 is 29.2 Å². The Labute approximate surface area is 78.2 Å². The molecule has 0 aliphatic rings. The minimum atomic E-state index is -1.02. The van der Waals surface area contributed by atoms with Crippen molar-refractivity contribution in [1.82, 2.24) is 9.97 Å². The minimum absolute atomic E-state index is 0.111. The van der Waals surface area contributed by atoms with E-state index < -0.39 is 5.97 Å². The van der Waals surface area contributed by atoms with Crippen LogP contribution in [0.25, 0.3) is 0 Å². The highest BCUT2D eigenvalue weighted by Gasteiger charge is 2.05. The van der Waals surface area contributed by atoms with Crippen molar-refractivity contribution in [2.45, 2.75) is 6.42 Å². The van der Waals surface area contributed by atoms with Gasteiger partial charge in [0.2, 0.25) is 0 Å². The molecule has 64 valence electrons. The molecule has 0 unspecified atom stereocenters. The Morgan fingerprint density at radius 3 is 2.33 bits per heavy atom. The molecule has 0 aliphatic carbocycles. The number of halogens is 2. The summed E-state index contributed by atoms with van der Waals surface area (Å²) in [6.45, 7) is 0. The lowest BCUT2D eigenvalue weighted by atomic mass is 10.4. The number of nitrogens with zero attached hydrogens (tertiary/aromatic N) is 2. The van der Waals surface area contributed by atoms with Crippen LogP contribution in [0.3, 0.4) is 0 Å². The maximum Gasteiger partial charge on any atom is 0.311 e. The summed E-state index contributed by atoms with van der Waals surface area (Å²) in [5, 5.41) is 8.67. The van der Waals surface area contributed by atoms with Gasteiger partial charge in [0, 0.05) is 6.07 Å². The highest BCUT2D eigenvalue weighted by Crippen LogP contribution is 2.11. The molecule has 1 rings (SSSR count). The number of carboxylic acid groups (broad SMARTS) is 1. The van der Waals surface area contributed by atoms with Crippen molar-refractivity contribution in [3.05, 3.63) is 22.2 Å². The van der Waals surface area contributed by atoms with Gasteiger partial charge in [0.15, 0.2) is 0 Å². The molecule has 0 saturated carbocycles. The van der Waals surface area contributed by atoms with E-state index in [0.717, 1.165) is 0 Å². The fourth-order valence-corrected chi connectivity index (χ4v) is 1.11. The Kier molecular flexibility index (Phi) is 2.83. The van der Waals surface area contributed by atoms with Crippen LogP contribution in [0, 0.1) is 0 Å². The number of carbonyl (C=O) groups is 1. The third-order valence-electron chi connectivity index (χ3n) is 1.02. The van der Waals surface area contributed by atoms with Gasteiger partial charge in [-0.25, -0.2) is 9.97 Å². The molecule has 1 heterocycles. The van der Waals surface area contributed by atoms with E-state index in [4.69, 9.17) is 28.3 Å². The summed E-state index contributed by atoms with van der Waals surface area (Å²) in [5.41, 5.74) is 0. The van der Waals surface area contributed by atoms with Gasteiger partial charge in [-0.15, -0.1) is 0 Å². The summed E-state index contributed by atoms with van der Waals surface area (Å²) in [4.78, 5) is 17.6. The zero-order valence-electron chi connectivity index (χ0n) is 5.79. The molecular weight excluding hydrogens is 203 g/mol. The zero-order chi connectivity index (χ0) is 9.14. The molecule has 1 aromatic heterocycles. The Balaban J connectivity index is 2.93. The molecule has 1 N–H and O–H groups in total. The Morgan fingerprint density at radius 1 is 1.42 bits per heavy atom. The van der Waals surface area contributed by atoms with E-state index in [1.54, 1.807) is 0 Å². The van der Waals surface area contributed by atoms with E-state index in [9.17, 15) is 4.79 Å². The fourth-order valence-electron chi connectivity index (χ4n) is 0.649. The predicted octanol–water partition coefficient (Wildman–Crippen LogP) is 1.41. The largest absolute Gasteiger partial charge is 0.481 e. The molecule has 0 radical (unpaired) electrons. The minimum Gasteiger partial charge on any atom is -0.481 e. The van der Waals surface area contributed by atoms with Gasteiger partial charge >= 0.3 is 5.97 Å². The fraction of sp³-hybridized carbons (Fsp3) is 0.167. The predicted molar refractivity (Wildman–Crippen MR) is 43.4 cm³/mol. The van der Waals surface area contributed by atoms with E-state index in [0.29, 0.717) is 0 Å². The van der Waals surface area contributed by atoms with Crippen LogP contribution in [0.5, 0.6) is 0 Å². The van der Waals surface area contributed by atoms with Crippen LogP contribution >= 0.6 is 23.2 Å². The van der Waals surface area contributed by atoms with Gasteiger partial charge in [-0.2, -0.15) is 0 Å². The third-order valence-corrected chi connectivity index (χ3v) is 1.41. The van der Waals surface area contributed by atoms with Crippen molar-refractivity contribution in [2.24, 2.45) is 0 Å². The molecule has 0 bridgehead atoms. The molecule has 4 nitrogen and oxygen atoms in total. The zero-order valence-corrected chi connectivity index (χ0v) is 7.30. The number of hydrogen-bond donors (Lipinski definition) is 1. The van der Waals surface area contributed by atoms with Crippen molar-refractivity contribution in [1.29, 1.82) is 0 Å². The van der Waals surface area contributed by atoms with Crippen LogP contribution in [-0.2, 0) is 11.2 Å². The van der Waals surface area contributed by atoms with E-state index >= 15 is 0 Å². The van der Waals surface area contributed by atoms with Crippen LogP contribution in [0.2, 0.25) is 10.3 Å². The number of rotatable bonds is 2. The molecule has 0 fully saturated rings. The Hall–Kier alpha value is -0.870. The van der Waals surface area contributed by atoms with E-state index in [1.807, 2.05) is 0 Å². The second-order valence-electron chi connectivity index (χ2n) is 2.00. The molecule has 0 saturated heterocycles. The highest BCUT2D eigenvalue weighted by atomic mass is 35.5. The smallest absolute Gasteiger partial charge is 0.311 e. The third kappa shape index (κ3) is 2.64. The molecule has 12 heavy (non-hydrogen) atoms. The quantitative estimate of drug-likeness (QED) is 0.744. The lowest BCUT2D eigenvalue weighted by Crippen LogP contribution is -2.04. The van der Waals surface area contributed by atoms with Gasteiger partial charge < -0.3 is 5.11 Å². The van der Waals surface area contributed by atoms with E-state index in [1.165, 1.54) is 6.07 Å². The van der Waals surface area contributed by atoms with Crippen molar-refractivity contribution in [3.63, 3.8) is 0 Å². The van der Waals surface area contributed by atoms with Crippen molar-refractivity contribution in [3.8, 4) is 0 Å². The van der Waals surface area contributed by atoms with Crippen LogP contribution < -0.4 is 0 Å². The average molecular weight is 207 g/mol. The summed E-state index contributed by atoms with van der Waals surface area (Å²) < 4.78 is 0. The summed E-state index contributed by atoms with van der Waals surface area (Å²) >= 11 is 11.0. The lowest BCUT2D eigenvalue weighted by Gasteiger charge is -1.96. The summed E-state index contributed by atoms with van der Waals surface area (Å²) in [5.74, 6) is -0.909. The lowest BCUT2D eigenvalue weighted by molar-refractivity contribution is -0.136. The van der Waals surface area contributed by atoms with Gasteiger partial charge in [0.25, 0.3) is 0 Å². The average Bonchev–Trinajstić information content (AvgIpc) is 1.81. The van der Waals surface area contributed by atoms with Crippen LogP contribution in [0.1, 0.15) is 5.82 Å². The molecule has 1 aromatic rings. The summed E-state index contributed by atoms with van der Waals surface area (Å²) in [6, 6.07) is 1.34. The first kappa shape index (κ1) is 9.22. The van der Waals surface area contributed by atoms with E-state index in [-0.39, 0.29) is 22.6 Å². The molecule has 0 aliphatic heterocycles. The van der Waals surface area contributed by atoms with Gasteiger partial charge in [-0.05, 0) is 0 Å². The van der Waals surface area contributed by atoms with Gasteiger partial charge in [-0.3, -0.25) is 4.79 Å². The standard InChI is InChI=1S/C6H4Cl2N2O2/c7-3-1-4(8)10-5(9-3)2-6(11)12/h1H,2H2,(H,11,12). The maximum atomic E-state index is 10.2. The molecule has 6 heteroatoms. The SMILES string of the molecule is O=C(O)Cc1nc(Cl)cc(Cl)n1. The number of carboxylic acids is 1. The summed E-state index contributed by atoms with van der Waals surface area (Å²) in [6.07, 6.45) is -0.278. The number of hydrogen-bond acceptors (Lipinski definition) is 3. The number of aliphatic carboxylic acids is 1. The Morgan fingerprint density at radius 2 is 1.92 bits per heavy atom. The van der Waals surface area contributed by atoms with Crippen molar-refractivity contribution < 1.29 is 9.90 Å². The first-order valence-electron chi connectivity index (χ1n) is 2.98. The van der Waals surface area contributed by atoms with Gasteiger partial charge in [-0.1, -0.05) is 23.2 Å². The molecule has 0 spiro atoms. The number of aromatic nitrogens is 2. The van der Waals surface area contributed by atoms with Gasteiger partial charge in [0.05, 0.1) is 0 Å². The van der Waals surface area contributed by atoms with Crippen molar-refractivity contribution in [2.75, 3.05) is 0 Å².